The second kappa shape index (κ2) is 5.33. The summed E-state index contributed by atoms with van der Waals surface area (Å²) in [5, 5.41) is 0. The quantitative estimate of drug-likeness (QED) is 0.847. The zero-order valence-electron chi connectivity index (χ0n) is 11.8. The van der Waals surface area contributed by atoms with Gasteiger partial charge in [-0.15, -0.1) is 0 Å². The van der Waals surface area contributed by atoms with E-state index in [2.05, 4.69) is 4.98 Å². The van der Waals surface area contributed by atoms with Crippen molar-refractivity contribution in [1.82, 2.24) is 9.55 Å². The Hall–Kier alpha value is -1.56. The monoisotopic (exact) mass is 298 g/mol. The van der Waals surface area contributed by atoms with E-state index in [1.807, 2.05) is 11.6 Å². The van der Waals surface area contributed by atoms with E-state index in [-0.39, 0.29) is 0 Å². The maximum Gasteiger partial charge on any atom is 0.416 e. The molecule has 2 heterocycles. The lowest BCUT2D eigenvalue weighted by atomic mass is 9.98. The highest BCUT2D eigenvalue weighted by atomic mass is 19.4. The second-order valence-electron chi connectivity index (χ2n) is 5.58. The van der Waals surface area contributed by atoms with Gasteiger partial charge in [-0.1, -0.05) is 0 Å². The number of hydrogen-bond donors (Lipinski definition) is 0. The molecule has 0 amide bonds. The van der Waals surface area contributed by atoms with Gasteiger partial charge in [0.25, 0.3) is 0 Å². The summed E-state index contributed by atoms with van der Waals surface area (Å²) in [6.45, 7) is 1.50. The number of halogens is 3. The van der Waals surface area contributed by atoms with Crippen molar-refractivity contribution in [3.05, 3.63) is 29.6 Å². The third-order valence-electron chi connectivity index (χ3n) is 4.03. The lowest BCUT2D eigenvalue weighted by Crippen LogP contribution is -2.20. The van der Waals surface area contributed by atoms with Crippen LogP contribution >= 0.6 is 0 Å². The van der Waals surface area contributed by atoms with E-state index in [1.165, 1.54) is 6.07 Å². The Bertz CT molecular complexity index is 642. The third kappa shape index (κ3) is 2.90. The van der Waals surface area contributed by atoms with E-state index >= 15 is 0 Å². The molecule has 21 heavy (non-hydrogen) atoms. The lowest BCUT2D eigenvalue weighted by Gasteiger charge is -2.21. The van der Waals surface area contributed by atoms with Crippen LogP contribution < -0.4 is 0 Å². The largest absolute Gasteiger partial charge is 0.416 e. The standard InChI is InChI=1S/C15H17F3N2O/c1-20-13-5-4-11(15(16,17)18)8-12(13)19-14(20)7-10-3-2-6-21-9-10/h4-5,8,10H,2-3,6-7,9H2,1H3. The first-order valence-electron chi connectivity index (χ1n) is 7.05. The van der Waals surface area contributed by atoms with Crippen LogP contribution in [0, 0.1) is 5.92 Å². The molecule has 0 radical (unpaired) electrons. The molecule has 0 saturated carbocycles. The van der Waals surface area contributed by atoms with Crippen LogP contribution in [0.3, 0.4) is 0 Å². The number of aromatic nitrogens is 2. The molecule has 1 aromatic carbocycles. The fourth-order valence-electron chi connectivity index (χ4n) is 2.84. The summed E-state index contributed by atoms with van der Waals surface area (Å²) in [5.74, 6) is 1.22. The number of ether oxygens (including phenoxy) is 1. The van der Waals surface area contributed by atoms with Crippen molar-refractivity contribution in [1.29, 1.82) is 0 Å². The van der Waals surface area contributed by atoms with Crippen molar-refractivity contribution in [2.45, 2.75) is 25.4 Å². The van der Waals surface area contributed by atoms with Crippen molar-refractivity contribution in [3.63, 3.8) is 0 Å². The summed E-state index contributed by atoms with van der Waals surface area (Å²) in [7, 11) is 1.85. The van der Waals surface area contributed by atoms with Crippen molar-refractivity contribution in [2.75, 3.05) is 13.2 Å². The lowest BCUT2D eigenvalue weighted by molar-refractivity contribution is -0.137. The predicted molar refractivity (Wildman–Crippen MR) is 73.0 cm³/mol. The van der Waals surface area contributed by atoms with Crippen LogP contribution in [0.5, 0.6) is 0 Å². The topological polar surface area (TPSA) is 27.1 Å². The van der Waals surface area contributed by atoms with Crippen LogP contribution in [0.2, 0.25) is 0 Å². The Morgan fingerprint density at radius 2 is 2.19 bits per heavy atom. The second-order valence-corrected chi connectivity index (χ2v) is 5.58. The molecular weight excluding hydrogens is 281 g/mol. The summed E-state index contributed by atoms with van der Waals surface area (Å²) in [6, 6.07) is 3.72. The van der Waals surface area contributed by atoms with Crippen LogP contribution in [0.15, 0.2) is 18.2 Å². The van der Waals surface area contributed by atoms with Gasteiger partial charge in [0.15, 0.2) is 0 Å². The molecule has 1 aromatic heterocycles. The summed E-state index contributed by atoms with van der Waals surface area (Å²) in [6.07, 6.45) is -1.47. The van der Waals surface area contributed by atoms with Crippen LogP contribution in [-0.2, 0) is 24.4 Å². The van der Waals surface area contributed by atoms with Gasteiger partial charge in [-0.05, 0) is 37.0 Å². The molecule has 6 heteroatoms. The number of alkyl halides is 3. The minimum atomic E-state index is -4.33. The molecule has 0 aliphatic carbocycles. The van der Waals surface area contributed by atoms with Crippen LogP contribution in [0.1, 0.15) is 24.2 Å². The minimum Gasteiger partial charge on any atom is -0.381 e. The number of imidazole rings is 1. The first-order chi connectivity index (χ1) is 9.95. The Balaban J connectivity index is 1.91. The van der Waals surface area contributed by atoms with Gasteiger partial charge in [-0.2, -0.15) is 13.2 Å². The average Bonchev–Trinajstić information content (AvgIpc) is 2.75. The minimum absolute atomic E-state index is 0.399. The molecule has 1 saturated heterocycles. The molecule has 2 aromatic rings. The first kappa shape index (κ1) is 14.4. The van der Waals surface area contributed by atoms with Crippen molar-refractivity contribution in [3.8, 4) is 0 Å². The molecule has 0 N–H and O–H groups in total. The molecule has 1 aliphatic heterocycles. The summed E-state index contributed by atoms with van der Waals surface area (Å²) >= 11 is 0. The average molecular weight is 298 g/mol. The third-order valence-corrected chi connectivity index (χ3v) is 4.03. The van der Waals surface area contributed by atoms with Gasteiger partial charge in [0.2, 0.25) is 0 Å². The van der Waals surface area contributed by atoms with Gasteiger partial charge >= 0.3 is 6.18 Å². The zero-order chi connectivity index (χ0) is 15.0. The Labute approximate surface area is 120 Å². The summed E-state index contributed by atoms with van der Waals surface area (Å²) < 4.78 is 45.6. The van der Waals surface area contributed by atoms with Crippen LogP contribution in [-0.4, -0.2) is 22.8 Å². The Morgan fingerprint density at radius 1 is 1.38 bits per heavy atom. The normalized spacial score (nSPS) is 20.1. The summed E-state index contributed by atoms with van der Waals surface area (Å²) in [5.41, 5.74) is 0.481. The van der Waals surface area contributed by atoms with E-state index < -0.39 is 11.7 Å². The number of fused-ring (bicyclic) bond motifs is 1. The van der Waals surface area contributed by atoms with Crippen molar-refractivity contribution < 1.29 is 17.9 Å². The molecule has 0 spiro atoms. The van der Waals surface area contributed by atoms with E-state index in [1.54, 1.807) is 0 Å². The molecule has 114 valence electrons. The van der Waals surface area contributed by atoms with E-state index in [0.717, 1.165) is 49.3 Å². The van der Waals surface area contributed by atoms with Crippen molar-refractivity contribution >= 4 is 11.0 Å². The van der Waals surface area contributed by atoms with Gasteiger partial charge in [-0.25, -0.2) is 4.98 Å². The SMILES string of the molecule is Cn1c(CC2CCCOC2)nc2cc(C(F)(F)F)ccc21. The number of nitrogens with zero attached hydrogens (tertiary/aromatic N) is 2. The van der Waals surface area contributed by atoms with Gasteiger partial charge in [0, 0.05) is 26.7 Å². The Kier molecular flexibility index (Phi) is 3.65. The molecule has 1 fully saturated rings. The molecule has 1 unspecified atom stereocenters. The van der Waals surface area contributed by atoms with Gasteiger partial charge < -0.3 is 9.30 Å². The summed E-state index contributed by atoms with van der Waals surface area (Å²) in [4.78, 5) is 4.39. The fraction of sp³-hybridized carbons (Fsp3) is 0.533. The fourth-order valence-corrected chi connectivity index (χ4v) is 2.84. The molecule has 0 bridgehead atoms. The predicted octanol–water partition coefficient (Wildman–Crippen LogP) is 3.56. The van der Waals surface area contributed by atoms with Gasteiger partial charge in [-0.3, -0.25) is 0 Å². The number of benzene rings is 1. The maximum atomic E-state index is 12.7. The molecule has 3 rings (SSSR count). The smallest absolute Gasteiger partial charge is 0.381 e. The van der Waals surface area contributed by atoms with E-state index in [4.69, 9.17) is 4.74 Å². The maximum absolute atomic E-state index is 12.7. The molecular formula is C15H17F3N2O. The Morgan fingerprint density at radius 3 is 2.86 bits per heavy atom. The molecule has 1 aliphatic rings. The highest BCUT2D eigenvalue weighted by Crippen LogP contribution is 2.31. The molecule has 1 atom stereocenters. The van der Waals surface area contributed by atoms with E-state index in [9.17, 15) is 13.2 Å². The first-order valence-corrected chi connectivity index (χ1v) is 7.05. The van der Waals surface area contributed by atoms with E-state index in [0.29, 0.717) is 18.0 Å². The number of aryl methyl sites for hydroxylation is 1. The highest BCUT2D eigenvalue weighted by Gasteiger charge is 2.31. The number of hydrogen-bond acceptors (Lipinski definition) is 2. The molecule has 3 nitrogen and oxygen atoms in total. The number of rotatable bonds is 2. The van der Waals surface area contributed by atoms with Crippen LogP contribution in [0.25, 0.3) is 11.0 Å². The van der Waals surface area contributed by atoms with Crippen LogP contribution in [0.4, 0.5) is 13.2 Å². The van der Waals surface area contributed by atoms with Gasteiger partial charge in [0.1, 0.15) is 5.82 Å². The highest BCUT2D eigenvalue weighted by molar-refractivity contribution is 5.77. The van der Waals surface area contributed by atoms with Gasteiger partial charge in [0.05, 0.1) is 16.6 Å². The van der Waals surface area contributed by atoms with Crippen molar-refractivity contribution in [2.24, 2.45) is 13.0 Å². The zero-order valence-corrected chi connectivity index (χ0v) is 11.8.